The van der Waals surface area contributed by atoms with Crippen LogP contribution in [0, 0.1) is 25.7 Å². The van der Waals surface area contributed by atoms with Crippen molar-refractivity contribution in [1.82, 2.24) is 15.1 Å². The topological polar surface area (TPSA) is 44.9 Å². The van der Waals surface area contributed by atoms with Crippen molar-refractivity contribution in [1.29, 1.82) is 0 Å². The van der Waals surface area contributed by atoms with Crippen LogP contribution in [-0.2, 0) is 6.42 Å². The van der Waals surface area contributed by atoms with Crippen molar-refractivity contribution in [3.05, 3.63) is 219 Å². The maximum absolute atomic E-state index is 5.34. The molecule has 0 atom stereocenters. The molecule has 0 saturated carbocycles. The molecule has 67 heavy (non-hydrogen) atoms. The van der Waals surface area contributed by atoms with Crippen molar-refractivity contribution < 1.29 is 0 Å². The molecule has 2 aromatic heterocycles. The summed E-state index contributed by atoms with van der Waals surface area (Å²) < 4.78 is 3.68. The van der Waals surface area contributed by atoms with Crippen molar-refractivity contribution >= 4 is 67.8 Å². The minimum atomic E-state index is 0.409. The number of rotatable bonds is 11. The van der Waals surface area contributed by atoms with E-state index in [1.807, 2.05) is 40.6 Å². The monoisotopic (exact) mass is 887 g/mol. The van der Waals surface area contributed by atoms with E-state index in [1.165, 1.54) is 59.3 Å². The van der Waals surface area contributed by atoms with Crippen LogP contribution in [0.15, 0.2) is 169 Å². The quantitative estimate of drug-likeness (QED) is 0.104. The lowest BCUT2D eigenvalue weighted by molar-refractivity contribution is 0.395. The van der Waals surface area contributed by atoms with Gasteiger partial charge in [-0.2, -0.15) is 0 Å². The molecule has 5 aromatic carbocycles. The Bertz CT molecular complexity index is 3470. The molecule has 3 heterocycles. The van der Waals surface area contributed by atoms with Gasteiger partial charge in [0.15, 0.2) is 11.7 Å². The van der Waals surface area contributed by atoms with Gasteiger partial charge in [-0.15, -0.1) is 16.4 Å². The number of hydrazone groups is 1. The van der Waals surface area contributed by atoms with Gasteiger partial charge < -0.3 is 4.57 Å². The number of hydrogen-bond donors (Lipinski definition) is 1. The van der Waals surface area contributed by atoms with E-state index in [2.05, 4.69) is 197 Å². The summed E-state index contributed by atoms with van der Waals surface area (Å²) >= 11 is 1.83. The number of thiophene rings is 1. The Morgan fingerprint density at radius 2 is 1.72 bits per heavy atom. The van der Waals surface area contributed by atoms with Gasteiger partial charge in [0.1, 0.15) is 5.70 Å². The number of hydrazine groups is 1. The molecule has 0 unspecified atom stereocenters. The number of benzene rings is 5. The maximum atomic E-state index is 5.34. The molecule has 10 rings (SSSR count). The highest BCUT2D eigenvalue weighted by atomic mass is 32.1. The molecule has 0 radical (unpaired) electrons. The van der Waals surface area contributed by atoms with Crippen LogP contribution < -0.4 is 5.53 Å². The largest absolute Gasteiger partial charge is 0.309 e. The highest BCUT2D eigenvalue weighted by molar-refractivity contribution is 7.19. The van der Waals surface area contributed by atoms with E-state index in [-0.39, 0.29) is 0 Å². The van der Waals surface area contributed by atoms with E-state index in [4.69, 9.17) is 16.7 Å². The van der Waals surface area contributed by atoms with Gasteiger partial charge in [0.2, 0.25) is 0 Å². The fourth-order valence-corrected chi connectivity index (χ4v) is 10.8. The van der Waals surface area contributed by atoms with Crippen molar-refractivity contribution in [2.24, 2.45) is 10.1 Å². The third-order valence-electron chi connectivity index (χ3n) is 12.9. The normalized spacial score (nSPS) is 14.5. The molecule has 6 heteroatoms. The number of fused-ring (bicyclic) bond motifs is 4. The van der Waals surface area contributed by atoms with Gasteiger partial charge in [-0.3, -0.25) is 0 Å². The number of allylic oxidation sites excluding steroid dienone is 8. The second kappa shape index (κ2) is 18.3. The van der Waals surface area contributed by atoms with E-state index in [1.54, 1.807) is 0 Å². The lowest BCUT2D eigenvalue weighted by Gasteiger charge is -2.28. The minimum Gasteiger partial charge on any atom is -0.309 e. The van der Waals surface area contributed by atoms with Crippen LogP contribution in [0.3, 0.4) is 0 Å². The van der Waals surface area contributed by atoms with Gasteiger partial charge in [-0.25, -0.2) is 15.5 Å². The molecule has 5 nitrogen and oxygen atoms in total. The van der Waals surface area contributed by atoms with Crippen LogP contribution in [0.25, 0.3) is 61.6 Å². The average molecular weight is 888 g/mol. The zero-order valence-corrected chi connectivity index (χ0v) is 39.6. The van der Waals surface area contributed by atoms with Crippen molar-refractivity contribution in [3.63, 3.8) is 0 Å². The van der Waals surface area contributed by atoms with Gasteiger partial charge >= 0.3 is 0 Å². The van der Waals surface area contributed by atoms with E-state index in [0.717, 1.165) is 69.1 Å². The third kappa shape index (κ3) is 8.07. The first kappa shape index (κ1) is 43.2. The summed E-state index contributed by atoms with van der Waals surface area (Å²) in [6.45, 7) is 19.8. The summed E-state index contributed by atoms with van der Waals surface area (Å²) in [5, 5.41) is 9.34. The van der Waals surface area contributed by atoms with Gasteiger partial charge in [-0.1, -0.05) is 142 Å². The first-order chi connectivity index (χ1) is 32.7. The molecule has 0 bridgehead atoms. The molecular formula is C61H53N5S. The second-order valence-electron chi connectivity index (χ2n) is 17.6. The summed E-state index contributed by atoms with van der Waals surface area (Å²) in [4.78, 5) is 6.64. The van der Waals surface area contributed by atoms with Gasteiger partial charge in [0.25, 0.3) is 0 Å². The van der Waals surface area contributed by atoms with Crippen molar-refractivity contribution in [2.45, 2.75) is 59.8 Å². The van der Waals surface area contributed by atoms with Crippen LogP contribution in [0.2, 0.25) is 0 Å². The zero-order valence-electron chi connectivity index (χ0n) is 38.8. The Hall–Kier alpha value is -7.72. The van der Waals surface area contributed by atoms with Gasteiger partial charge in [0.05, 0.1) is 11.2 Å². The van der Waals surface area contributed by atoms with Crippen LogP contribution in [0.5, 0.6) is 0 Å². The van der Waals surface area contributed by atoms with Gasteiger partial charge in [-0.05, 0) is 144 Å². The fourth-order valence-electron chi connectivity index (χ4n) is 9.73. The predicted molar refractivity (Wildman–Crippen MR) is 288 cm³/mol. The molecule has 0 amide bonds. The second-order valence-corrected chi connectivity index (χ2v) is 18.8. The molecule has 1 N–H and O–H groups in total. The lowest BCUT2D eigenvalue weighted by Crippen LogP contribution is -2.43. The highest BCUT2D eigenvalue weighted by Crippen LogP contribution is 2.42. The molecule has 0 saturated heterocycles. The van der Waals surface area contributed by atoms with E-state index in [9.17, 15) is 0 Å². The zero-order chi connectivity index (χ0) is 46.2. The Kier molecular flexibility index (Phi) is 11.8. The standard InChI is InChI=1S/C61H53N5S/c1-8-10-27-52-42(7)67-57-34-31-46(38-55(52)57)45-22-17-21-44(36-45)41(6)59-54(19-9-2)58-53-28-16-15-20-43(53)30-33-56(58)65(59)50-26-18-23-47(37-50)60-62-61(48-29-32-51(39(3)4)40(5)35-48)66(64-63-60)49-24-13-11-12-14-25-49/h8-11,13,15,17-24,26-27,29-39,64H,1,6,12,16,28H2,2-5,7H3/b19-9-,27-10-. The molecule has 328 valence electrons. The van der Waals surface area contributed by atoms with Crippen LogP contribution in [-0.4, -0.2) is 21.2 Å². The van der Waals surface area contributed by atoms with Crippen LogP contribution >= 0.6 is 11.3 Å². The SMILES string of the molecule is C=C/C=C\c1c(C)sc2ccc(-c3cccc(C(=C)c4c(/C=C\C)c5c6c(ccc5n4-c4cccc(C5=NNN(C7=CC=CCC#C7)C(c7ccc(C(C)C)c(C)c7)=N5)c4)C=CCC6)c3)cc12. The Balaban J connectivity index is 1.12. The third-order valence-corrected chi connectivity index (χ3v) is 14.0. The predicted octanol–water partition coefficient (Wildman–Crippen LogP) is 15.3. The van der Waals surface area contributed by atoms with E-state index < -0.39 is 0 Å². The Morgan fingerprint density at radius 1 is 0.881 bits per heavy atom. The molecule has 0 spiro atoms. The van der Waals surface area contributed by atoms with Crippen molar-refractivity contribution in [3.8, 4) is 28.7 Å². The number of nitrogens with one attached hydrogen (secondary N) is 1. The lowest BCUT2D eigenvalue weighted by atomic mass is 9.90. The summed E-state index contributed by atoms with van der Waals surface area (Å²) in [6, 6.07) is 35.4. The number of hydrogen-bond acceptors (Lipinski definition) is 5. The summed E-state index contributed by atoms with van der Waals surface area (Å²) in [6.07, 6.45) is 23.8. The molecule has 0 fully saturated rings. The maximum Gasteiger partial charge on any atom is 0.183 e. The molecule has 1 aliphatic heterocycles. The number of nitrogens with zero attached hydrogens (tertiary/aromatic N) is 4. The number of aromatic nitrogens is 1. The first-order valence-electron chi connectivity index (χ1n) is 23.1. The Labute approximate surface area is 398 Å². The van der Waals surface area contributed by atoms with Gasteiger partial charge in [0, 0.05) is 49.1 Å². The van der Waals surface area contributed by atoms with Crippen LogP contribution in [0.4, 0.5) is 0 Å². The first-order valence-corrected chi connectivity index (χ1v) is 24.0. The molecule has 7 aromatic rings. The number of aliphatic imine (C=N–C) groups is 1. The molecule has 3 aliphatic rings. The smallest absolute Gasteiger partial charge is 0.183 e. The molecule has 2 aliphatic carbocycles. The fraction of sp³-hybridized carbons (Fsp3) is 0.148. The molecular weight excluding hydrogens is 835 g/mol. The summed E-state index contributed by atoms with van der Waals surface area (Å²) in [7, 11) is 0. The van der Waals surface area contributed by atoms with E-state index in [0.29, 0.717) is 18.2 Å². The van der Waals surface area contributed by atoms with Crippen molar-refractivity contribution in [2.75, 3.05) is 0 Å². The van der Waals surface area contributed by atoms with Crippen LogP contribution in [0.1, 0.15) is 100 Å². The number of aryl methyl sites for hydroxylation is 3. The average Bonchev–Trinajstić information content (AvgIpc) is 3.70. The highest BCUT2D eigenvalue weighted by Gasteiger charge is 2.27. The number of amidine groups is 2. The van der Waals surface area contributed by atoms with E-state index >= 15 is 0 Å². The summed E-state index contributed by atoms with van der Waals surface area (Å²) in [5.74, 6) is 8.31. The summed E-state index contributed by atoms with van der Waals surface area (Å²) in [5.41, 5.74) is 21.1. The minimum absolute atomic E-state index is 0.409. The Morgan fingerprint density at radius 3 is 2.55 bits per heavy atom.